The molecule has 0 saturated carbocycles. The zero-order chi connectivity index (χ0) is 27.2. The first-order valence-corrected chi connectivity index (χ1v) is 11.6. The van der Waals surface area contributed by atoms with E-state index in [-0.39, 0.29) is 22.5 Å². The molecule has 0 radical (unpaired) electrons. The molecule has 0 aliphatic carbocycles. The minimum absolute atomic E-state index is 0.0152. The molecular formula is C29H27F3N2O3. The van der Waals surface area contributed by atoms with Crippen LogP contribution in [0.4, 0.5) is 18.9 Å². The van der Waals surface area contributed by atoms with Gasteiger partial charge in [-0.1, -0.05) is 18.2 Å². The highest BCUT2D eigenvalue weighted by Gasteiger charge is 2.39. The SMILES string of the molecule is COC(=O)C1=C(C)N(c2cccc(C(F)(F)F)c2)C(=O)/C1=C\c1cc(C)n(-c2cc(C)ccc2C)c1C. The van der Waals surface area contributed by atoms with Crippen molar-refractivity contribution < 1.29 is 27.5 Å². The van der Waals surface area contributed by atoms with Gasteiger partial charge in [-0.3, -0.25) is 9.69 Å². The second-order valence-electron chi connectivity index (χ2n) is 9.15. The van der Waals surface area contributed by atoms with E-state index in [1.165, 1.54) is 26.2 Å². The van der Waals surface area contributed by atoms with Crippen LogP contribution in [0.25, 0.3) is 11.8 Å². The smallest absolute Gasteiger partial charge is 0.416 e. The number of nitrogens with zero attached hydrogens (tertiary/aromatic N) is 2. The van der Waals surface area contributed by atoms with Crippen molar-refractivity contribution in [1.29, 1.82) is 0 Å². The number of esters is 1. The molecule has 5 nitrogen and oxygen atoms in total. The van der Waals surface area contributed by atoms with Gasteiger partial charge in [0, 0.05) is 28.5 Å². The Kier molecular flexibility index (Phi) is 6.62. The summed E-state index contributed by atoms with van der Waals surface area (Å²) >= 11 is 0. The number of carbonyl (C=O) groups excluding carboxylic acids is 2. The number of hydrogen-bond donors (Lipinski definition) is 0. The lowest BCUT2D eigenvalue weighted by molar-refractivity contribution is -0.137. The molecular weight excluding hydrogens is 481 g/mol. The Morgan fingerprint density at radius 1 is 0.973 bits per heavy atom. The average Bonchev–Trinajstić information content (AvgIpc) is 3.25. The Hall–Kier alpha value is -4.07. The van der Waals surface area contributed by atoms with Gasteiger partial charge in [0.2, 0.25) is 0 Å². The van der Waals surface area contributed by atoms with E-state index in [2.05, 4.69) is 10.6 Å². The third-order valence-electron chi connectivity index (χ3n) is 6.60. The van der Waals surface area contributed by atoms with Crippen LogP contribution in [0.5, 0.6) is 0 Å². The van der Waals surface area contributed by atoms with Gasteiger partial charge in [-0.2, -0.15) is 13.2 Å². The molecule has 0 fully saturated rings. The molecule has 0 spiro atoms. The number of aryl methyl sites for hydroxylation is 3. The number of benzene rings is 2. The van der Waals surface area contributed by atoms with Crippen LogP contribution in [0.15, 0.2) is 65.4 Å². The zero-order valence-corrected chi connectivity index (χ0v) is 21.4. The number of alkyl halides is 3. The number of ether oxygens (including phenoxy) is 1. The summed E-state index contributed by atoms with van der Waals surface area (Å²) in [5, 5.41) is 0. The van der Waals surface area contributed by atoms with Crippen LogP contribution in [0.1, 0.15) is 40.6 Å². The summed E-state index contributed by atoms with van der Waals surface area (Å²) in [6.07, 6.45) is -2.97. The Bertz CT molecular complexity index is 1490. The number of halogens is 3. The minimum Gasteiger partial charge on any atom is -0.465 e. The maximum absolute atomic E-state index is 13.6. The van der Waals surface area contributed by atoms with Crippen molar-refractivity contribution in [2.24, 2.45) is 0 Å². The number of carbonyl (C=O) groups is 2. The summed E-state index contributed by atoms with van der Waals surface area (Å²) in [7, 11) is 1.20. The first-order valence-electron chi connectivity index (χ1n) is 11.6. The molecule has 0 saturated heterocycles. The van der Waals surface area contributed by atoms with Gasteiger partial charge in [0.1, 0.15) is 0 Å². The Labute approximate surface area is 213 Å². The van der Waals surface area contributed by atoms with Crippen molar-refractivity contribution in [3.8, 4) is 5.69 Å². The van der Waals surface area contributed by atoms with Gasteiger partial charge in [-0.15, -0.1) is 0 Å². The summed E-state index contributed by atoms with van der Waals surface area (Å²) in [6.45, 7) is 9.41. The van der Waals surface area contributed by atoms with E-state index < -0.39 is 23.6 Å². The molecule has 4 rings (SSSR count). The predicted molar refractivity (Wildman–Crippen MR) is 136 cm³/mol. The molecule has 1 aliphatic heterocycles. The fourth-order valence-electron chi connectivity index (χ4n) is 4.73. The van der Waals surface area contributed by atoms with Crippen molar-refractivity contribution in [3.63, 3.8) is 0 Å². The largest absolute Gasteiger partial charge is 0.465 e. The molecule has 2 heterocycles. The van der Waals surface area contributed by atoms with Gasteiger partial charge in [0.15, 0.2) is 0 Å². The van der Waals surface area contributed by atoms with Crippen LogP contribution in [0.2, 0.25) is 0 Å². The van der Waals surface area contributed by atoms with Crippen molar-refractivity contribution in [3.05, 3.63) is 99.0 Å². The van der Waals surface area contributed by atoms with E-state index in [1.54, 1.807) is 6.08 Å². The van der Waals surface area contributed by atoms with E-state index in [4.69, 9.17) is 4.74 Å². The average molecular weight is 509 g/mol. The Morgan fingerprint density at radius 3 is 2.32 bits per heavy atom. The second-order valence-corrected chi connectivity index (χ2v) is 9.15. The van der Waals surface area contributed by atoms with Crippen LogP contribution in [-0.2, 0) is 20.5 Å². The first kappa shape index (κ1) is 26.0. The van der Waals surface area contributed by atoms with E-state index in [0.717, 1.165) is 45.2 Å². The highest BCUT2D eigenvalue weighted by Crippen LogP contribution is 2.39. The third-order valence-corrected chi connectivity index (χ3v) is 6.60. The molecule has 0 N–H and O–H groups in total. The maximum atomic E-state index is 13.6. The molecule has 0 unspecified atom stereocenters. The fraction of sp³-hybridized carbons (Fsp3) is 0.241. The summed E-state index contributed by atoms with van der Waals surface area (Å²) in [5.41, 5.74) is 5.07. The van der Waals surface area contributed by atoms with Gasteiger partial charge in [-0.25, -0.2) is 4.79 Å². The van der Waals surface area contributed by atoms with Crippen LogP contribution < -0.4 is 4.90 Å². The van der Waals surface area contributed by atoms with Crippen LogP contribution in [0.3, 0.4) is 0 Å². The lowest BCUT2D eigenvalue weighted by Gasteiger charge is -2.19. The molecule has 1 aromatic heterocycles. The number of allylic oxidation sites excluding steroid dienone is 1. The molecule has 8 heteroatoms. The van der Waals surface area contributed by atoms with Gasteiger partial charge < -0.3 is 9.30 Å². The summed E-state index contributed by atoms with van der Waals surface area (Å²) in [6, 6.07) is 12.5. The fourth-order valence-corrected chi connectivity index (χ4v) is 4.73. The van der Waals surface area contributed by atoms with Crippen molar-refractivity contribution in [2.75, 3.05) is 12.0 Å². The monoisotopic (exact) mass is 508 g/mol. The molecule has 0 atom stereocenters. The topological polar surface area (TPSA) is 51.5 Å². The first-order chi connectivity index (χ1) is 17.3. The second kappa shape index (κ2) is 9.42. The summed E-state index contributed by atoms with van der Waals surface area (Å²) < 4.78 is 47.1. The van der Waals surface area contributed by atoms with Crippen LogP contribution >= 0.6 is 0 Å². The van der Waals surface area contributed by atoms with E-state index in [0.29, 0.717) is 5.56 Å². The Morgan fingerprint density at radius 2 is 1.68 bits per heavy atom. The Balaban J connectivity index is 1.87. The standard InChI is InChI=1S/C29H27F3N2O3/c1-16-10-11-17(2)25(12-16)33-18(3)13-21(19(33)4)14-24-26(28(36)37-6)20(5)34(27(24)35)23-9-7-8-22(15-23)29(30,31)32/h7-15H,1-6H3/b24-14-. The molecule has 1 aliphatic rings. The van der Waals surface area contributed by atoms with Crippen molar-refractivity contribution in [1.82, 2.24) is 4.57 Å². The van der Waals surface area contributed by atoms with Gasteiger partial charge in [-0.05, 0) is 87.7 Å². The molecule has 3 aromatic rings. The summed E-state index contributed by atoms with van der Waals surface area (Å²) in [5.74, 6) is -1.34. The number of aromatic nitrogens is 1. The lowest BCUT2D eigenvalue weighted by Crippen LogP contribution is -2.25. The number of rotatable bonds is 4. The van der Waals surface area contributed by atoms with Crippen LogP contribution in [0, 0.1) is 27.7 Å². The number of methoxy groups -OCH3 is 1. The quantitative estimate of drug-likeness (QED) is 0.295. The maximum Gasteiger partial charge on any atom is 0.416 e. The van der Waals surface area contributed by atoms with Crippen molar-refractivity contribution >= 4 is 23.6 Å². The van der Waals surface area contributed by atoms with Crippen LogP contribution in [-0.4, -0.2) is 23.6 Å². The molecule has 2 aromatic carbocycles. The molecule has 1 amide bonds. The molecule has 37 heavy (non-hydrogen) atoms. The van der Waals surface area contributed by atoms with E-state index in [1.807, 2.05) is 45.9 Å². The van der Waals surface area contributed by atoms with Crippen molar-refractivity contribution in [2.45, 2.75) is 40.8 Å². The van der Waals surface area contributed by atoms with E-state index in [9.17, 15) is 22.8 Å². The molecule has 192 valence electrons. The highest BCUT2D eigenvalue weighted by molar-refractivity contribution is 6.23. The predicted octanol–water partition coefficient (Wildman–Crippen LogP) is 6.61. The third kappa shape index (κ3) is 4.59. The number of hydrogen-bond acceptors (Lipinski definition) is 3. The minimum atomic E-state index is -4.58. The van der Waals surface area contributed by atoms with Gasteiger partial charge in [0.05, 0.1) is 23.8 Å². The lowest BCUT2D eigenvalue weighted by atomic mass is 10.0. The van der Waals surface area contributed by atoms with Gasteiger partial charge >= 0.3 is 12.1 Å². The van der Waals surface area contributed by atoms with Gasteiger partial charge in [0.25, 0.3) is 5.91 Å². The van der Waals surface area contributed by atoms with E-state index >= 15 is 0 Å². The number of amides is 1. The number of anilines is 1. The highest BCUT2D eigenvalue weighted by atomic mass is 19.4. The molecule has 0 bridgehead atoms. The zero-order valence-electron chi connectivity index (χ0n) is 21.4. The normalized spacial score (nSPS) is 15.2. The summed E-state index contributed by atoms with van der Waals surface area (Å²) in [4.78, 5) is 27.5.